The topological polar surface area (TPSA) is 63.2 Å². The fourth-order valence-electron chi connectivity index (χ4n) is 2.33. The molecule has 0 spiro atoms. The number of ether oxygens (including phenoxy) is 1. The molecule has 2 N–H and O–H groups in total. The van der Waals surface area contributed by atoms with Crippen molar-refractivity contribution in [2.24, 2.45) is 0 Å². The number of benzene rings is 2. The average Bonchev–Trinajstić information content (AvgIpc) is 2.72. The number of nitrogens with one attached hydrogen (secondary N) is 2. The van der Waals surface area contributed by atoms with Gasteiger partial charge in [-0.3, -0.25) is 20.6 Å². The molecular weight excluding hydrogens is 345 g/mol. The first-order chi connectivity index (χ1) is 13.1. The lowest BCUT2D eigenvalue weighted by Crippen LogP contribution is -2.36. The van der Waals surface area contributed by atoms with Crippen LogP contribution >= 0.6 is 0 Å². The molecule has 0 bridgehead atoms. The molecule has 1 heterocycles. The quantitative estimate of drug-likeness (QED) is 0.628. The number of halogens is 1. The SMILES string of the molecule is C=C(NNC(=O)c1ccccc1OCc1ccc(F)cc1)c1ccccn1. The van der Waals surface area contributed by atoms with Crippen molar-refractivity contribution in [3.63, 3.8) is 0 Å². The van der Waals surface area contributed by atoms with Crippen LogP contribution in [0.4, 0.5) is 4.39 Å². The third-order valence-corrected chi connectivity index (χ3v) is 3.74. The van der Waals surface area contributed by atoms with E-state index in [9.17, 15) is 9.18 Å². The Morgan fingerprint density at radius 3 is 2.48 bits per heavy atom. The van der Waals surface area contributed by atoms with Gasteiger partial charge in [-0.2, -0.15) is 0 Å². The molecule has 0 saturated carbocycles. The van der Waals surface area contributed by atoms with E-state index in [1.54, 1.807) is 54.7 Å². The van der Waals surface area contributed by atoms with Crippen molar-refractivity contribution < 1.29 is 13.9 Å². The summed E-state index contributed by atoms with van der Waals surface area (Å²) in [6.07, 6.45) is 1.64. The summed E-state index contributed by atoms with van der Waals surface area (Å²) < 4.78 is 18.7. The van der Waals surface area contributed by atoms with Crippen LogP contribution in [0.15, 0.2) is 79.5 Å². The number of para-hydroxylation sites is 1. The molecule has 0 unspecified atom stereocenters. The monoisotopic (exact) mass is 363 g/mol. The Labute approximate surface area is 156 Å². The highest BCUT2D eigenvalue weighted by Gasteiger charge is 2.12. The minimum atomic E-state index is -0.373. The van der Waals surface area contributed by atoms with Crippen molar-refractivity contribution in [1.82, 2.24) is 15.8 Å². The maximum absolute atomic E-state index is 13.0. The molecule has 0 fully saturated rings. The second kappa shape index (κ2) is 8.62. The van der Waals surface area contributed by atoms with Gasteiger partial charge in [-0.15, -0.1) is 0 Å². The first-order valence-electron chi connectivity index (χ1n) is 8.26. The number of amides is 1. The first kappa shape index (κ1) is 18.1. The summed E-state index contributed by atoms with van der Waals surface area (Å²) in [5, 5.41) is 0. The fraction of sp³-hybridized carbons (Fsp3) is 0.0476. The van der Waals surface area contributed by atoms with Crippen LogP contribution in [0, 0.1) is 5.82 Å². The van der Waals surface area contributed by atoms with Crippen molar-refractivity contribution in [3.8, 4) is 5.75 Å². The van der Waals surface area contributed by atoms with E-state index in [1.165, 1.54) is 12.1 Å². The standard InChI is InChI=1S/C21H18FN3O2/c1-15(19-7-4-5-13-23-19)24-25-21(26)18-6-2-3-8-20(18)27-14-16-9-11-17(22)12-10-16/h2-13,24H,1,14H2,(H,25,26). The Hall–Kier alpha value is -3.67. The van der Waals surface area contributed by atoms with Crippen molar-refractivity contribution in [3.05, 3.63) is 102 Å². The average molecular weight is 363 g/mol. The highest BCUT2D eigenvalue weighted by atomic mass is 19.1. The van der Waals surface area contributed by atoms with Crippen LogP contribution < -0.4 is 15.6 Å². The molecule has 6 heteroatoms. The first-order valence-corrected chi connectivity index (χ1v) is 8.26. The van der Waals surface area contributed by atoms with Crippen LogP contribution in [-0.4, -0.2) is 10.9 Å². The van der Waals surface area contributed by atoms with Gasteiger partial charge in [0.05, 0.1) is 17.0 Å². The third-order valence-electron chi connectivity index (χ3n) is 3.74. The number of aromatic nitrogens is 1. The molecule has 0 saturated heterocycles. The Balaban J connectivity index is 1.63. The lowest BCUT2D eigenvalue weighted by Gasteiger charge is -2.13. The molecule has 27 heavy (non-hydrogen) atoms. The number of nitrogens with zero attached hydrogens (tertiary/aromatic N) is 1. The van der Waals surface area contributed by atoms with Crippen LogP contribution in [-0.2, 0) is 6.61 Å². The van der Waals surface area contributed by atoms with E-state index in [0.29, 0.717) is 22.7 Å². The molecule has 0 aliphatic carbocycles. The fourth-order valence-corrected chi connectivity index (χ4v) is 2.33. The molecule has 2 aromatic carbocycles. The lowest BCUT2D eigenvalue weighted by atomic mass is 10.2. The van der Waals surface area contributed by atoms with Crippen molar-refractivity contribution >= 4 is 11.6 Å². The predicted molar refractivity (Wildman–Crippen MR) is 101 cm³/mol. The van der Waals surface area contributed by atoms with Crippen LogP contribution in [0.3, 0.4) is 0 Å². The summed E-state index contributed by atoms with van der Waals surface area (Å²) in [5.41, 5.74) is 7.59. The van der Waals surface area contributed by atoms with Gasteiger partial charge >= 0.3 is 0 Å². The minimum absolute atomic E-state index is 0.221. The summed E-state index contributed by atoms with van der Waals surface area (Å²) in [5.74, 6) is -0.260. The molecule has 0 aliphatic heterocycles. The van der Waals surface area contributed by atoms with Gasteiger partial charge in [-0.05, 0) is 42.0 Å². The van der Waals surface area contributed by atoms with Gasteiger partial charge in [0.15, 0.2) is 0 Å². The van der Waals surface area contributed by atoms with Gasteiger partial charge < -0.3 is 4.74 Å². The second-order valence-corrected chi connectivity index (χ2v) is 5.68. The smallest absolute Gasteiger partial charge is 0.273 e. The van der Waals surface area contributed by atoms with Gasteiger partial charge in [-0.1, -0.05) is 36.9 Å². The largest absolute Gasteiger partial charge is 0.488 e. The summed E-state index contributed by atoms with van der Waals surface area (Å²) in [6, 6.07) is 18.3. The number of carbonyl (C=O) groups excluding carboxylic acids is 1. The molecule has 136 valence electrons. The van der Waals surface area contributed by atoms with Gasteiger partial charge in [-0.25, -0.2) is 4.39 Å². The number of hydrogen-bond acceptors (Lipinski definition) is 4. The zero-order chi connectivity index (χ0) is 19.1. The zero-order valence-corrected chi connectivity index (χ0v) is 14.5. The van der Waals surface area contributed by atoms with E-state index < -0.39 is 0 Å². The summed E-state index contributed by atoms with van der Waals surface area (Å²) in [4.78, 5) is 16.6. The van der Waals surface area contributed by atoms with E-state index in [2.05, 4.69) is 22.4 Å². The Morgan fingerprint density at radius 1 is 1.00 bits per heavy atom. The Kier molecular flexibility index (Phi) is 5.79. The molecule has 3 rings (SSSR count). The summed E-state index contributed by atoms with van der Waals surface area (Å²) in [7, 11) is 0. The van der Waals surface area contributed by atoms with Gasteiger partial charge in [0, 0.05) is 6.20 Å². The third kappa shape index (κ3) is 4.92. The summed E-state index contributed by atoms with van der Waals surface area (Å²) >= 11 is 0. The van der Waals surface area contributed by atoms with Crippen LogP contribution in [0.5, 0.6) is 5.75 Å². The highest BCUT2D eigenvalue weighted by molar-refractivity contribution is 5.97. The molecule has 5 nitrogen and oxygen atoms in total. The molecule has 3 aromatic rings. The lowest BCUT2D eigenvalue weighted by molar-refractivity contribution is 0.0938. The second-order valence-electron chi connectivity index (χ2n) is 5.68. The minimum Gasteiger partial charge on any atom is -0.488 e. The maximum Gasteiger partial charge on any atom is 0.273 e. The molecule has 0 atom stereocenters. The van der Waals surface area contributed by atoms with Gasteiger partial charge in [0.25, 0.3) is 5.91 Å². The number of pyridine rings is 1. The van der Waals surface area contributed by atoms with Crippen molar-refractivity contribution in [2.45, 2.75) is 6.61 Å². The normalized spacial score (nSPS) is 10.1. The number of rotatable bonds is 7. The zero-order valence-electron chi connectivity index (χ0n) is 14.5. The van der Waals surface area contributed by atoms with Crippen LogP contribution in [0.2, 0.25) is 0 Å². The van der Waals surface area contributed by atoms with Crippen LogP contribution in [0.1, 0.15) is 21.6 Å². The Bertz CT molecular complexity index is 928. The molecule has 1 amide bonds. The van der Waals surface area contributed by atoms with E-state index >= 15 is 0 Å². The van der Waals surface area contributed by atoms with Crippen molar-refractivity contribution in [2.75, 3.05) is 0 Å². The molecule has 0 radical (unpaired) electrons. The highest BCUT2D eigenvalue weighted by Crippen LogP contribution is 2.19. The number of carbonyl (C=O) groups is 1. The maximum atomic E-state index is 13.0. The van der Waals surface area contributed by atoms with E-state index in [-0.39, 0.29) is 18.3 Å². The van der Waals surface area contributed by atoms with Crippen molar-refractivity contribution in [1.29, 1.82) is 0 Å². The Morgan fingerprint density at radius 2 is 1.74 bits per heavy atom. The van der Waals surface area contributed by atoms with E-state index in [1.807, 2.05) is 6.07 Å². The van der Waals surface area contributed by atoms with Gasteiger partial charge in [0.1, 0.15) is 18.2 Å². The summed E-state index contributed by atoms with van der Waals surface area (Å²) in [6.45, 7) is 4.07. The molecule has 0 aliphatic rings. The van der Waals surface area contributed by atoms with Crippen LogP contribution in [0.25, 0.3) is 5.70 Å². The number of hydrazine groups is 1. The van der Waals surface area contributed by atoms with E-state index in [4.69, 9.17) is 4.74 Å². The van der Waals surface area contributed by atoms with Gasteiger partial charge in [0.2, 0.25) is 0 Å². The number of hydrogen-bond donors (Lipinski definition) is 2. The van der Waals surface area contributed by atoms with E-state index in [0.717, 1.165) is 5.56 Å². The molecule has 1 aromatic heterocycles. The predicted octanol–water partition coefficient (Wildman–Crippen LogP) is 3.71. The molecular formula is C21H18FN3O2.